The van der Waals surface area contributed by atoms with Crippen LogP contribution in [0.5, 0.6) is 0 Å². The van der Waals surface area contributed by atoms with E-state index in [0.29, 0.717) is 27.5 Å². The predicted molar refractivity (Wildman–Crippen MR) is 108 cm³/mol. The normalized spacial score (nSPS) is 10.9. The van der Waals surface area contributed by atoms with Gasteiger partial charge >= 0.3 is 0 Å². The third kappa shape index (κ3) is 3.16. The second-order valence-electron chi connectivity index (χ2n) is 5.29. The van der Waals surface area contributed by atoms with E-state index >= 15 is 0 Å². The zero-order valence-electron chi connectivity index (χ0n) is 13.5. The van der Waals surface area contributed by atoms with E-state index in [1.54, 1.807) is 31.4 Å². The summed E-state index contributed by atoms with van der Waals surface area (Å²) in [6.07, 6.45) is 3.18. The van der Waals surface area contributed by atoms with Gasteiger partial charge in [0.1, 0.15) is 23.0 Å². The van der Waals surface area contributed by atoms with Crippen LogP contribution in [0.3, 0.4) is 0 Å². The van der Waals surface area contributed by atoms with E-state index in [1.165, 1.54) is 17.7 Å². The molecule has 0 unspecified atom stereocenters. The summed E-state index contributed by atoms with van der Waals surface area (Å²) in [6, 6.07) is 9.06. The van der Waals surface area contributed by atoms with Crippen LogP contribution < -0.4 is 10.6 Å². The molecule has 1 aromatic carbocycles. The van der Waals surface area contributed by atoms with Crippen LogP contribution in [-0.2, 0) is 0 Å². The van der Waals surface area contributed by atoms with Crippen molar-refractivity contribution < 1.29 is 0 Å². The lowest BCUT2D eigenvalue weighted by Crippen LogP contribution is -1.99. The van der Waals surface area contributed by atoms with Crippen molar-refractivity contribution in [1.82, 2.24) is 19.9 Å². The van der Waals surface area contributed by atoms with Crippen molar-refractivity contribution in [2.45, 2.75) is 0 Å². The summed E-state index contributed by atoms with van der Waals surface area (Å²) in [5, 5.41) is 8.06. The van der Waals surface area contributed by atoms with Gasteiger partial charge in [-0.05, 0) is 18.2 Å². The van der Waals surface area contributed by atoms with Crippen LogP contribution in [0, 0.1) is 0 Å². The molecule has 0 amide bonds. The van der Waals surface area contributed by atoms with Gasteiger partial charge in [-0.2, -0.15) is 0 Å². The second-order valence-corrected chi connectivity index (χ2v) is 7.10. The zero-order chi connectivity index (χ0) is 18.1. The Morgan fingerprint density at radius 1 is 1.00 bits per heavy atom. The molecule has 3 heterocycles. The van der Waals surface area contributed by atoms with Crippen molar-refractivity contribution in [2.75, 3.05) is 17.7 Å². The number of pyridine rings is 1. The maximum absolute atomic E-state index is 6.32. The van der Waals surface area contributed by atoms with Crippen LogP contribution in [0.25, 0.3) is 20.8 Å². The minimum atomic E-state index is 0.563. The average Bonchev–Trinajstić information content (AvgIpc) is 3.06. The van der Waals surface area contributed by atoms with Crippen LogP contribution in [0.1, 0.15) is 0 Å². The predicted octanol–water partition coefficient (Wildman–Crippen LogP) is 5.24. The van der Waals surface area contributed by atoms with E-state index in [9.17, 15) is 0 Å². The maximum atomic E-state index is 6.32. The number of anilines is 3. The number of nitrogens with zero attached hydrogens (tertiary/aromatic N) is 4. The Balaban J connectivity index is 1.79. The molecule has 0 spiro atoms. The first-order valence-electron chi connectivity index (χ1n) is 7.62. The first-order valence-corrected chi connectivity index (χ1v) is 9.19. The number of halogens is 2. The van der Waals surface area contributed by atoms with Crippen molar-refractivity contribution in [3.8, 4) is 10.6 Å². The standard InChI is InChI=1S/C17H12Cl2N6S/c1-20-12-7-13(23-8-22-12)25-16-15-11(5-6-21-16)24-17(26-15)14-9(18)3-2-4-10(14)19/h2-8H,1H3,(H2,20,21,22,23,25). The topological polar surface area (TPSA) is 75.6 Å². The van der Waals surface area contributed by atoms with Gasteiger partial charge in [0.05, 0.1) is 20.3 Å². The summed E-state index contributed by atoms with van der Waals surface area (Å²) in [6.45, 7) is 0. The summed E-state index contributed by atoms with van der Waals surface area (Å²) >= 11 is 14.1. The first-order chi connectivity index (χ1) is 12.7. The molecule has 3 aromatic heterocycles. The number of hydrogen-bond donors (Lipinski definition) is 2. The maximum Gasteiger partial charge on any atom is 0.151 e. The van der Waals surface area contributed by atoms with E-state index in [2.05, 4.69) is 30.6 Å². The van der Waals surface area contributed by atoms with Crippen LogP contribution >= 0.6 is 34.5 Å². The number of nitrogens with one attached hydrogen (secondary N) is 2. The molecular weight excluding hydrogens is 391 g/mol. The lowest BCUT2D eigenvalue weighted by atomic mass is 10.2. The summed E-state index contributed by atoms with van der Waals surface area (Å²) < 4.78 is 0.892. The smallest absolute Gasteiger partial charge is 0.151 e. The molecule has 9 heteroatoms. The van der Waals surface area contributed by atoms with Crippen LogP contribution in [0.15, 0.2) is 42.9 Å². The number of aromatic nitrogens is 4. The van der Waals surface area contributed by atoms with Crippen molar-refractivity contribution >= 4 is 62.2 Å². The SMILES string of the molecule is CNc1cc(Nc2nccc3nc(-c4c(Cl)cccc4Cl)sc23)ncn1. The fourth-order valence-electron chi connectivity index (χ4n) is 2.44. The van der Waals surface area contributed by atoms with Gasteiger partial charge in [-0.15, -0.1) is 11.3 Å². The molecule has 26 heavy (non-hydrogen) atoms. The lowest BCUT2D eigenvalue weighted by Gasteiger charge is -2.06. The van der Waals surface area contributed by atoms with Crippen LogP contribution in [-0.4, -0.2) is 27.0 Å². The van der Waals surface area contributed by atoms with Gasteiger partial charge in [-0.25, -0.2) is 19.9 Å². The molecule has 6 nitrogen and oxygen atoms in total. The summed E-state index contributed by atoms with van der Waals surface area (Å²) in [5.41, 5.74) is 1.53. The molecule has 0 bridgehead atoms. The Labute approximate surface area is 163 Å². The summed E-state index contributed by atoms with van der Waals surface area (Å²) in [7, 11) is 1.80. The third-order valence-electron chi connectivity index (χ3n) is 3.65. The Morgan fingerprint density at radius 3 is 2.54 bits per heavy atom. The van der Waals surface area contributed by atoms with E-state index in [-0.39, 0.29) is 0 Å². The van der Waals surface area contributed by atoms with Crippen LogP contribution in [0.2, 0.25) is 10.0 Å². The van der Waals surface area contributed by atoms with Crippen molar-refractivity contribution in [1.29, 1.82) is 0 Å². The Kier molecular flexibility index (Phi) is 4.58. The van der Waals surface area contributed by atoms with E-state index in [0.717, 1.165) is 20.8 Å². The Bertz CT molecular complexity index is 1080. The number of benzene rings is 1. The molecule has 0 aliphatic heterocycles. The van der Waals surface area contributed by atoms with Gasteiger partial charge in [-0.1, -0.05) is 29.3 Å². The second kappa shape index (κ2) is 7.03. The highest BCUT2D eigenvalue weighted by molar-refractivity contribution is 7.22. The summed E-state index contributed by atoms with van der Waals surface area (Å²) in [5.74, 6) is 2.01. The molecule has 4 aromatic rings. The monoisotopic (exact) mass is 402 g/mol. The highest BCUT2D eigenvalue weighted by Crippen LogP contribution is 2.40. The van der Waals surface area contributed by atoms with Gasteiger partial charge in [-0.3, -0.25) is 0 Å². The van der Waals surface area contributed by atoms with Gasteiger partial charge in [0.25, 0.3) is 0 Å². The first kappa shape index (κ1) is 17.0. The summed E-state index contributed by atoms with van der Waals surface area (Å²) in [4.78, 5) is 17.4. The quantitative estimate of drug-likeness (QED) is 0.485. The Morgan fingerprint density at radius 2 is 1.77 bits per heavy atom. The fourth-order valence-corrected chi connectivity index (χ4v) is 4.20. The van der Waals surface area contributed by atoms with Gasteiger partial charge in [0.2, 0.25) is 0 Å². The van der Waals surface area contributed by atoms with E-state index in [1.807, 2.05) is 12.1 Å². The van der Waals surface area contributed by atoms with E-state index in [4.69, 9.17) is 23.2 Å². The van der Waals surface area contributed by atoms with Crippen LogP contribution in [0.4, 0.5) is 17.5 Å². The fraction of sp³-hybridized carbons (Fsp3) is 0.0588. The lowest BCUT2D eigenvalue weighted by molar-refractivity contribution is 1.15. The molecule has 0 saturated heterocycles. The number of thiazole rings is 1. The minimum Gasteiger partial charge on any atom is -0.373 e. The molecule has 0 fully saturated rings. The Hall–Kier alpha value is -2.48. The molecule has 0 aliphatic rings. The zero-order valence-corrected chi connectivity index (χ0v) is 15.8. The number of rotatable bonds is 4. The largest absolute Gasteiger partial charge is 0.373 e. The third-order valence-corrected chi connectivity index (χ3v) is 5.38. The van der Waals surface area contributed by atoms with Crippen molar-refractivity contribution in [3.63, 3.8) is 0 Å². The minimum absolute atomic E-state index is 0.563. The molecule has 0 atom stereocenters. The molecule has 0 radical (unpaired) electrons. The number of hydrogen-bond acceptors (Lipinski definition) is 7. The molecule has 0 aliphatic carbocycles. The van der Waals surface area contributed by atoms with Gasteiger partial charge in [0, 0.05) is 24.9 Å². The van der Waals surface area contributed by atoms with Gasteiger partial charge < -0.3 is 10.6 Å². The highest BCUT2D eigenvalue weighted by Gasteiger charge is 2.16. The molecule has 0 saturated carbocycles. The van der Waals surface area contributed by atoms with Crippen molar-refractivity contribution in [3.05, 3.63) is 52.9 Å². The molecule has 2 N–H and O–H groups in total. The molecular formula is C17H12Cl2N6S. The van der Waals surface area contributed by atoms with E-state index < -0.39 is 0 Å². The van der Waals surface area contributed by atoms with Crippen molar-refractivity contribution in [2.24, 2.45) is 0 Å². The van der Waals surface area contributed by atoms with Gasteiger partial charge in [0.15, 0.2) is 5.82 Å². The number of fused-ring (bicyclic) bond motifs is 1. The highest BCUT2D eigenvalue weighted by atomic mass is 35.5. The molecule has 4 rings (SSSR count). The average molecular weight is 403 g/mol. The molecule has 130 valence electrons.